The van der Waals surface area contributed by atoms with E-state index in [2.05, 4.69) is 5.32 Å². The standard InChI is InChI=1S/C14H10ClNO3/c15-12-7-11(14(18)19)13(6-9(12)8-17)16-10-4-2-1-3-5-10/h1-8,16H,(H,18,19). The van der Waals surface area contributed by atoms with Crippen LogP contribution in [-0.2, 0) is 0 Å². The van der Waals surface area contributed by atoms with Crippen molar-refractivity contribution in [3.63, 3.8) is 0 Å². The van der Waals surface area contributed by atoms with Gasteiger partial charge in [-0.1, -0.05) is 29.8 Å². The third-order valence-electron chi connectivity index (χ3n) is 2.55. The zero-order valence-electron chi connectivity index (χ0n) is 9.76. The SMILES string of the molecule is O=Cc1cc(Nc2ccccc2)c(C(=O)O)cc1Cl. The van der Waals surface area contributed by atoms with Gasteiger partial charge in [-0.25, -0.2) is 4.79 Å². The third-order valence-corrected chi connectivity index (χ3v) is 2.87. The first-order chi connectivity index (χ1) is 9.11. The van der Waals surface area contributed by atoms with Crippen LogP contribution in [0.5, 0.6) is 0 Å². The fraction of sp³-hybridized carbons (Fsp3) is 0. The number of anilines is 2. The molecule has 2 aromatic rings. The predicted molar refractivity (Wildman–Crippen MR) is 73.5 cm³/mol. The number of para-hydroxylation sites is 1. The third kappa shape index (κ3) is 2.92. The minimum absolute atomic E-state index is 0.0134. The molecule has 0 aromatic heterocycles. The molecule has 0 aliphatic carbocycles. The highest BCUT2D eigenvalue weighted by molar-refractivity contribution is 6.33. The number of halogens is 1. The summed E-state index contributed by atoms with van der Waals surface area (Å²) in [7, 11) is 0. The maximum absolute atomic E-state index is 11.2. The molecule has 0 fully saturated rings. The van der Waals surface area contributed by atoms with Crippen LogP contribution in [0.25, 0.3) is 0 Å². The topological polar surface area (TPSA) is 66.4 Å². The van der Waals surface area contributed by atoms with E-state index in [1.54, 1.807) is 12.1 Å². The number of aldehydes is 1. The van der Waals surface area contributed by atoms with Crippen molar-refractivity contribution in [3.8, 4) is 0 Å². The molecule has 19 heavy (non-hydrogen) atoms. The van der Waals surface area contributed by atoms with E-state index in [0.717, 1.165) is 5.69 Å². The minimum Gasteiger partial charge on any atom is -0.478 e. The van der Waals surface area contributed by atoms with Gasteiger partial charge in [0.25, 0.3) is 0 Å². The first-order valence-electron chi connectivity index (χ1n) is 5.46. The second kappa shape index (κ2) is 5.54. The monoisotopic (exact) mass is 275 g/mol. The second-order valence-electron chi connectivity index (χ2n) is 3.83. The molecular weight excluding hydrogens is 266 g/mol. The molecule has 0 radical (unpaired) electrons. The molecule has 5 heteroatoms. The Kier molecular flexibility index (Phi) is 3.82. The highest BCUT2D eigenvalue weighted by Gasteiger charge is 2.14. The van der Waals surface area contributed by atoms with Crippen molar-refractivity contribution >= 4 is 35.2 Å². The molecule has 0 bridgehead atoms. The van der Waals surface area contributed by atoms with Crippen LogP contribution in [0.15, 0.2) is 42.5 Å². The molecule has 0 unspecified atom stereocenters. The van der Waals surface area contributed by atoms with E-state index in [9.17, 15) is 9.59 Å². The van der Waals surface area contributed by atoms with E-state index in [4.69, 9.17) is 16.7 Å². The van der Waals surface area contributed by atoms with Gasteiger partial charge in [-0.2, -0.15) is 0 Å². The van der Waals surface area contributed by atoms with Gasteiger partial charge in [0.2, 0.25) is 0 Å². The maximum atomic E-state index is 11.2. The number of carboxylic acid groups (broad SMARTS) is 1. The lowest BCUT2D eigenvalue weighted by atomic mass is 10.1. The smallest absolute Gasteiger partial charge is 0.337 e. The number of aromatic carboxylic acids is 1. The van der Waals surface area contributed by atoms with Crippen molar-refractivity contribution in [3.05, 3.63) is 58.6 Å². The van der Waals surface area contributed by atoms with Crippen molar-refractivity contribution in [2.75, 3.05) is 5.32 Å². The van der Waals surface area contributed by atoms with Crippen LogP contribution in [0.2, 0.25) is 5.02 Å². The van der Waals surface area contributed by atoms with Gasteiger partial charge in [-0.15, -0.1) is 0 Å². The number of carbonyl (C=O) groups is 2. The van der Waals surface area contributed by atoms with Crippen molar-refractivity contribution in [1.82, 2.24) is 0 Å². The molecule has 0 amide bonds. The molecule has 0 heterocycles. The Hall–Kier alpha value is -2.33. The summed E-state index contributed by atoms with van der Waals surface area (Å²) in [5, 5.41) is 12.2. The fourth-order valence-corrected chi connectivity index (χ4v) is 1.85. The zero-order chi connectivity index (χ0) is 13.8. The summed E-state index contributed by atoms with van der Waals surface area (Å²) in [6.45, 7) is 0. The molecule has 4 nitrogen and oxygen atoms in total. The van der Waals surface area contributed by atoms with E-state index < -0.39 is 5.97 Å². The van der Waals surface area contributed by atoms with Crippen LogP contribution in [0.3, 0.4) is 0 Å². The number of carboxylic acids is 1. The van der Waals surface area contributed by atoms with Crippen molar-refractivity contribution in [2.45, 2.75) is 0 Å². The molecule has 0 spiro atoms. The fourth-order valence-electron chi connectivity index (χ4n) is 1.64. The van der Waals surface area contributed by atoms with E-state index in [1.165, 1.54) is 12.1 Å². The average Bonchev–Trinajstić information content (AvgIpc) is 2.41. The Labute approximate surface area is 114 Å². The lowest BCUT2D eigenvalue weighted by Gasteiger charge is -2.11. The van der Waals surface area contributed by atoms with Gasteiger partial charge >= 0.3 is 5.97 Å². The second-order valence-corrected chi connectivity index (χ2v) is 4.24. The van der Waals surface area contributed by atoms with Gasteiger partial charge in [0.1, 0.15) is 0 Å². The highest BCUT2D eigenvalue weighted by Crippen LogP contribution is 2.27. The molecule has 0 atom stereocenters. The summed E-state index contributed by atoms with van der Waals surface area (Å²) in [5.74, 6) is -1.11. The molecule has 0 aliphatic heterocycles. The van der Waals surface area contributed by atoms with E-state index in [-0.39, 0.29) is 16.1 Å². The van der Waals surface area contributed by atoms with Gasteiger partial charge in [-0.3, -0.25) is 4.79 Å². The highest BCUT2D eigenvalue weighted by atomic mass is 35.5. The summed E-state index contributed by atoms with van der Waals surface area (Å²) in [5.41, 5.74) is 1.30. The van der Waals surface area contributed by atoms with E-state index >= 15 is 0 Å². The Balaban J connectivity index is 2.48. The van der Waals surface area contributed by atoms with Gasteiger partial charge in [-0.05, 0) is 24.3 Å². The summed E-state index contributed by atoms with van der Waals surface area (Å²) in [6, 6.07) is 11.8. The summed E-state index contributed by atoms with van der Waals surface area (Å²) < 4.78 is 0. The normalized spacial score (nSPS) is 9.95. The van der Waals surface area contributed by atoms with E-state index in [1.807, 2.05) is 18.2 Å². The molecule has 2 N–H and O–H groups in total. The molecule has 0 saturated heterocycles. The number of carbonyl (C=O) groups excluding carboxylic acids is 1. The maximum Gasteiger partial charge on any atom is 0.337 e. The van der Waals surface area contributed by atoms with Crippen LogP contribution in [-0.4, -0.2) is 17.4 Å². The lowest BCUT2D eigenvalue weighted by molar-refractivity contribution is 0.0697. The molecule has 2 rings (SSSR count). The van der Waals surface area contributed by atoms with Gasteiger partial charge in [0.05, 0.1) is 16.3 Å². The Morgan fingerprint density at radius 3 is 2.47 bits per heavy atom. The number of benzene rings is 2. The first-order valence-corrected chi connectivity index (χ1v) is 5.83. The van der Waals surface area contributed by atoms with Crippen LogP contribution >= 0.6 is 11.6 Å². The molecule has 2 aromatic carbocycles. The largest absolute Gasteiger partial charge is 0.478 e. The van der Waals surface area contributed by atoms with Crippen molar-refractivity contribution in [1.29, 1.82) is 0 Å². The Morgan fingerprint density at radius 2 is 1.89 bits per heavy atom. The van der Waals surface area contributed by atoms with Crippen LogP contribution < -0.4 is 5.32 Å². The van der Waals surface area contributed by atoms with Crippen molar-refractivity contribution < 1.29 is 14.7 Å². The van der Waals surface area contributed by atoms with Gasteiger partial charge in [0.15, 0.2) is 6.29 Å². The van der Waals surface area contributed by atoms with Crippen LogP contribution in [0.1, 0.15) is 20.7 Å². The molecule has 0 aliphatic rings. The van der Waals surface area contributed by atoms with Crippen molar-refractivity contribution in [2.24, 2.45) is 0 Å². The summed E-state index contributed by atoms with van der Waals surface area (Å²) >= 11 is 5.83. The predicted octanol–water partition coefficient (Wildman–Crippen LogP) is 3.59. The van der Waals surface area contributed by atoms with Gasteiger partial charge < -0.3 is 10.4 Å². The van der Waals surface area contributed by atoms with Crippen LogP contribution in [0, 0.1) is 0 Å². The van der Waals surface area contributed by atoms with Crippen LogP contribution in [0.4, 0.5) is 11.4 Å². The zero-order valence-corrected chi connectivity index (χ0v) is 10.5. The Bertz CT molecular complexity index is 626. The summed E-state index contributed by atoms with van der Waals surface area (Å²) in [4.78, 5) is 22.0. The first kappa shape index (κ1) is 13.1. The quantitative estimate of drug-likeness (QED) is 0.837. The molecular formula is C14H10ClNO3. The molecule has 0 saturated carbocycles. The summed E-state index contributed by atoms with van der Waals surface area (Å²) in [6.07, 6.45) is 0.587. The number of nitrogens with one attached hydrogen (secondary N) is 1. The minimum atomic E-state index is -1.11. The number of hydrogen-bond acceptors (Lipinski definition) is 3. The number of hydrogen-bond donors (Lipinski definition) is 2. The average molecular weight is 276 g/mol. The Morgan fingerprint density at radius 1 is 1.21 bits per heavy atom. The van der Waals surface area contributed by atoms with E-state index in [0.29, 0.717) is 12.0 Å². The molecule has 96 valence electrons. The number of rotatable bonds is 4. The van der Waals surface area contributed by atoms with Gasteiger partial charge in [0, 0.05) is 11.3 Å². The lowest BCUT2D eigenvalue weighted by Crippen LogP contribution is -2.04.